The van der Waals surface area contributed by atoms with Gasteiger partial charge in [-0.1, -0.05) is 31.9 Å². The molecule has 0 bridgehead atoms. The number of anilines is 1. The number of hydrogen-bond donors (Lipinski definition) is 0. The van der Waals surface area contributed by atoms with Crippen molar-refractivity contribution in [3.63, 3.8) is 0 Å². The molecule has 4 aromatic rings. The summed E-state index contributed by atoms with van der Waals surface area (Å²) in [7, 11) is 1.70. The van der Waals surface area contributed by atoms with Crippen LogP contribution in [0.4, 0.5) is 5.82 Å². The van der Waals surface area contributed by atoms with E-state index in [1.807, 2.05) is 10.7 Å². The predicted molar refractivity (Wildman–Crippen MR) is 163 cm³/mol. The molecule has 9 nitrogen and oxygen atoms in total. The summed E-state index contributed by atoms with van der Waals surface area (Å²) in [5.74, 6) is 4.19. The van der Waals surface area contributed by atoms with Crippen molar-refractivity contribution in [2.45, 2.75) is 71.9 Å². The number of methoxy groups -OCH3 is 1. The molecule has 4 heterocycles. The number of aryl methyl sites for hydroxylation is 3. The molecule has 6 rings (SSSR count). The first kappa shape index (κ1) is 30.9. The summed E-state index contributed by atoms with van der Waals surface area (Å²) in [4.78, 5) is 2.37. The van der Waals surface area contributed by atoms with Gasteiger partial charge in [-0.3, -0.25) is 4.68 Å². The average Bonchev–Trinajstić information content (AvgIpc) is 3.68. The second-order valence-electron chi connectivity index (χ2n) is 11.2. The molecular formula is C33H42BrN5O4. The topological polar surface area (TPSA) is 74.8 Å². The van der Waals surface area contributed by atoms with Gasteiger partial charge in [0.25, 0.3) is 0 Å². The third-order valence-electron chi connectivity index (χ3n) is 8.24. The minimum absolute atomic E-state index is 0. The van der Waals surface area contributed by atoms with Crippen molar-refractivity contribution in [1.29, 1.82) is 0 Å². The second-order valence-corrected chi connectivity index (χ2v) is 11.2. The lowest BCUT2D eigenvalue weighted by Gasteiger charge is -2.21. The van der Waals surface area contributed by atoms with E-state index in [2.05, 4.69) is 70.3 Å². The number of aromatic nitrogens is 4. The van der Waals surface area contributed by atoms with E-state index in [1.165, 1.54) is 42.5 Å². The molecule has 2 aliphatic rings. The van der Waals surface area contributed by atoms with E-state index in [0.717, 1.165) is 85.0 Å². The molecule has 10 heteroatoms. The number of pyridine rings is 1. The van der Waals surface area contributed by atoms with Gasteiger partial charge in [-0.15, -0.1) is 5.10 Å². The van der Waals surface area contributed by atoms with Gasteiger partial charge in [0, 0.05) is 32.1 Å². The van der Waals surface area contributed by atoms with E-state index in [-0.39, 0.29) is 23.8 Å². The van der Waals surface area contributed by atoms with Crippen LogP contribution in [0.3, 0.4) is 0 Å². The van der Waals surface area contributed by atoms with Crippen molar-refractivity contribution >= 4 is 16.6 Å². The first-order valence-electron chi connectivity index (χ1n) is 15.4. The maximum Gasteiger partial charge on any atom is 0.231 e. The molecule has 43 heavy (non-hydrogen) atoms. The third kappa shape index (κ3) is 6.69. The fourth-order valence-corrected chi connectivity index (χ4v) is 5.84. The highest BCUT2D eigenvalue weighted by atomic mass is 79.9. The summed E-state index contributed by atoms with van der Waals surface area (Å²) >= 11 is 0. The number of rotatable bonds is 14. The molecule has 0 atom stereocenters. The Morgan fingerprint density at radius 1 is 1.00 bits per heavy atom. The van der Waals surface area contributed by atoms with Crippen LogP contribution in [0.5, 0.6) is 23.0 Å². The van der Waals surface area contributed by atoms with Crippen molar-refractivity contribution in [3.8, 4) is 34.3 Å². The number of benzene rings is 2. The van der Waals surface area contributed by atoms with Crippen LogP contribution in [0.1, 0.15) is 57.9 Å². The fourth-order valence-electron chi connectivity index (χ4n) is 5.84. The highest BCUT2D eigenvalue weighted by Crippen LogP contribution is 2.41. The van der Waals surface area contributed by atoms with Crippen molar-refractivity contribution in [1.82, 2.24) is 15.0 Å². The normalized spacial score (nSPS) is 12.9. The zero-order chi connectivity index (χ0) is 28.9. The van der Waals surface area contributed by atoms with Crippen molar-refractivity contribution in [2.75, 3.05) is 38.5 Å². The molecule has 0 radical (unpaired) electrons. The Labute approximate surface area is 264 Å². The van der Waals surface area contributed by atoms with Crippen LogP contribution in [0.15, 0.2) is 42.7 Å². The maximum absolute atomic E-state index is 6.40. The Balaban J connectivity index is 0.00000368. The maximum atomic E-state index is 6.40. The Hall–Kier alpha value is -3.53. The number of nitrogens with zero attached hydrogens (tertiary/aromatic N) is 5. The lowest BCUT2D eigenvalue weighted by atomic mass is 9.95. The second kappa shape index (κ2) is 14.3. The van der Waals surface area contributed by atoms with Crippen LogP contribution in [0, 0.1) is 0 Å². The summed E-state index contributed by atoms with van der Waals surface area (Å²) in [6.45, 7) is 9.13. The number of hydrogen-bond acceptors (Lipinski definition) is 7. The minimum atomic E-state index is 0. The molecule has 0 aliphatic carbocycles. The van der Waals surface area contributed by atoms with Crippen LogP contribution in [-0.2, 0) is 19.5 Å². The van der Waals surface area contributed by atoms with Gasteiger partial charge in [-0.2, -0.15) is 4.57 Å². The van der Waals surface area contributed by atoms with Crippen LogP contribution >= 0.6 is 0 Å². The Bertz CT molecular complexity index is 1530. The van der Waals surface area contributed by atoms with Crippen LogP contribution in [0.2, 0.25) is 0 Å². The first-order valence-corrected chi connectivity index (χ1v) is 15.4. The molecule has 0 saturated heterocycles. The van der Waals surface area contributed by atoms with E-state index in [0.29, 0.717) is 6.61 Å². The summed E-state index contributed by atoms with van der Waals surface area (Å²) in [6, 6.07) is 10.6. The van der Waals surface area contributed by atoms with Gasteiger partial charge in [0.05, 0.1) is 30.9 Å². The predicted octanol–water partition coefficient (Wildman–Crippen LogP) is 2.95. The van der Waals surface area contributed by atoms with Crippen LogP contribution in [-0.4, -0.2) is 48.6 Å². The van der Waals surface area contributed by atoms with E-state index < -0.39 is 0 Å². The molecule has 0 saturated carbocycles. The third-order valence-corrected chi connectivity index (χ3v) is 8.24. The number of halogens is 1. The highest BCUT2D eigenvalue weighted by molar-refractivity contribution is 5.91. The lowest BCUT2D eigenvalue weighted by Crippen LogP contribution is -3.00. The number of ether oxygens (including phenoxy) is 4. The van der Waals surface area contributed by atoms with Gasteiger partial charge >= 0.3 is 0 Å². The number of fused-ring (bicyclic) bond motifs is 5. The fraction of sp³-hybridized carbons (Fsp3) is 0.485. The summed E-state index contributed by atoms with van der Waals surface area (Å²) in [5.41, 5.74) is 3.66. The molecule has 2 aromatic heterocycles. The number of unbranched alkanes of at least 4 members (excludes halogenated alkanes) is 3. The van der Waals surface area contributed by atoms with Gasteiger partial charge in [0.1, 0.15) is 0 Å². The van der Waals surface area contributed by atoms with Crippen molar-refractivity contribution in [2.24, 2.45) is 0 Å². The van der Waals surface area contributed by atoms with Gasteiger partial charge in [-0.05, 0) is 60.9 Å². The largest absolute Gasteiger partial charge is 1.00 e. The molecule has 2 aliphatic heterocycles. The Kier molecular flexibility index (Phi) is 10.3. The Morgan fingerprint density at radius 3 is 2.56 bits per heavy atom. The monoisotopic (exact) mass is 651 g/mol. The molecule has 0 N–H and O–H groups in total. The average molecular weight is 653 g/mol. The molecule has 0 amide bonds. The highest BCUT2D eigenvalue weighted by Gasteiger charge is 2.28. The molecule has 0 spiro atoms. The first-order chi connectivity index (χ1) is 20.7. The smallest absolute Gasteiger partial charge is 0.231 e. The minimum Gasteiger partial charge on any atom is -1.00 e. The summed E-state index contributed by atoms with van der Waals surface area (Å²) in [6.07, 6.45) is 11.8. The summed E-state index contributed by atoms with van der Waals surface area (Å²) in [5, 5.41) is 11.0. The SMILES string of the molecule is CCCCN(CCCC)c1cn(CCCCOc2c(OC)ccc3cc4[n+](cc23)CCc2cc3c(cc2-4)OCO3)nn1.[Br-]. The van der Waals surface area contributed by atoms with Gasteiger partial charge in [-0.25, -0.2) is 0 Å². The van der Waals surface area contributed by atoms with Gasteiger partial charge in [0.2, 0.25) is 12.5 Å². The van der Waals surface area contributed by atoms with E-state index >= 15 is 0 Å². The van der Waals surface area contributed by atoms with Crippen LogP contribution in [0.25, 0.3) is 22.0 Å². The lowest BCUT2D eigenvalue weighted by molar-refractivity contribution is -0.686. The van der Waals surface area contributed by atoms with E-state index in [9.17, 15) is 0 Å². The zero-order valence-electron chi connectivity index (χ0n) is 25.5. The van der Waals surface area contributed by atoms with Gasteiger partial charge in [0.15, 0.2) is 41.6 Å². The molecule has 2 aromatic carbocycles. The van der Waals surface area contributed by atoms with Crippen LogP contribution < -0.4 is 45.4 Å². The van der Waals surface area contributed by atoms with E-state index in [4.69, 9.17) is 18.9 Å². The summed E-state index contributed by atoms with van der Waals surface area (Å²) < 4.78 is 27.7. The van der Waals surface area contributed by atoms with Crippen molar-refractivity contribution < 1.29 is 40.5 Å². The molecule has 0 unspecified atom stereocenters. The Morgan fingerprint density at radius 2 is 1.79 bits per heavy atom. The quantitative estimate of drug-likeness (QED) is 0.153. The zero-order valence-corrected chi connectivity index (χ0v) is 27.1. The van der Waals surface area contributed by atoms with Gasteiger partial charge < -0.3 is 40.8 Å². The molecule has 0 fully saturated rings. The molecule has 230 valence electrons. The van der Waals surface area contributed by atoms with E-state index in [1.54, 1.807) is 7.11 Å². The molecular weight excluding hydrogens is 610 g/mol. The van der Waals surface area contributed by atoms with Crippen molar-refractivity contribution in [3.05, 3.63) is 48.3 Å². The standard InChI is InChI=1S/C33H42N5O4.BrH/c1-4-6-13-36(14-7-5-2)32-22-38(35-34-32)15-8-9-17-40-33-27-21-37-16-12-25-19-30-31(42-23-41-30)20-26(25)28(37)18-24(27)10-11-29(33)39-3;/h10-11,18-22H,4-9,12-17,23H2,1-3H3;1H/q+1;/p-1.